The Bertz CT molecular complexity index is 706. The standard InChI is InChI=1S/C17H19N3O4/c1-2-24-17(23)19-7-9-20(10-8-19)18-14-11-15(21)12-5-3-4-6-13(12)16(14)22/h3-6,11,18H,2,7-10H2,1H3. The van der Waals surface area contributed by atoms with Crippen molar-refractivity contribution in [3.63, 3.8) is 0 Å². The molecule has 126 valence electrons. The highest BCUT2D eigenvalue weighted by atomic mass is 16.6. The summed E-state index contributed by atoms with van der Waals surface area (Å²) in [5.74, 6) is -0.379. The molecule has 1 amide bonds. The zero-order valence-corrected chi connectivity index (χ0v) is 13.4. The quantitative estimate of drug-likeness (QED) is 0.898. The third kappa shape index (κ3) is 3.16. The van der Waals surface area contributed by atoms with E-state index in [-0.39, 0.29) is 23.4 Å². The molecule has 24 heavy (non-hydrogen) atoms. The van der Waals surface area contributed by atoms with Gasteiger partial charge in [-0.3, -0.25) is 9.59 Å². The highest BCUT2D eigenvalue weighted by molar-refractivity contribution is 6.24. The second-order valence-electron chi connectivity index (χ2n) is 5.58. The molecule has 7 nitrogen and oxygen atoms in total. The molecule has 0 unspecified atom stereocenters. The van der Waals surface area contributed by atoms with Gasteiger partial charge in [-0.15, -0.1) is 0 Å². The summed E-state index contributed by atoms with van der Waals surface area (Å²) in [6.07, 6.45) is 1.01. The molecular formula is C17H19N3O4. The molecule has 1 aliphatic heterocycles. The minimum absolute atomic E-state index is 0.183. The maximum absolute atomic E-state index is 12.5. The van der Waals surface area contributed by atoms with Gasteiger partial charge in [0.1, 0.15) is 5.70 Å². The largest absolute Gasteiger partial charge is 0.450 e. The average Bonchev–Trinajstić information content (AvgIpc) is 2.60. The zero-order valence-electron chi connectivity index (χ0n) is 13.4. The Morgan fingerprint density at radius 1 is 1.12 bits per heavy atom. The minimum Gasteiger partial charge on any atom is -0.450 e. The SMILES string of the molecule is CCOC(=O)N1CCN(NC2=CC(=O)c3ccccc3C2=O)CC1. The molecule has 1 aromatic carbocycles. The predicted molar refractivity (Wildman–Crippen MR) is 86.5 cm³/mol. The van der Waals surface area contributed by atoms with E-state index in [9.17, 15) is 14.4 Å². The van der Waals surface area contributed by atoms with Crippen LogP contribution >= 0.6 is 0 Å². The average molecular weight is 329 g/mol. The Morgan fingerprint density at radius 2 is 1.79 bits per heavy atom. The first-order valence-electron chi connectivity index (χ1n) is 7.93. The van der Waals surface area contributed by atoms with Gasteiger partial charge in [0.05, 0.1) is 6.61 Å². The Hall–Kier alpha value is -2.67. The number of carbonyl (C=O) groups is 3. The van der Waals surface area contributed by atoms with Crippen molar-refractivity contribution in [1.82, 2.24) is 15.3 Å². The first-order valence-corrected chi connectivity index (χ1v) is 7.93. The van der Waals surface area contributed by atoms with Crippen molar-refractivity contribution in [1.29, 1.82) is 0 Å². The smallest absolute Gasteiger partial charge is 0.409 e. The molecule has 1 saturated heterocycles. The number of piperazine rings is 1. The van der Waals surface area contributed by atoms with E-state index in [1.54, 1.807) is 36.1 Å². The molecule has 1 aromatic rings. The first-order chi connectivity index (χ1) is 11.6. The number of nitrogens with zero attached hydrogens (tertiary/aromatic N) is 2. The van der Waals surface area contributed by atoms with Crippen molar-refractivity contribution in [3.05, 3.63) is 47.2 Å². The lowest BCUT2D eigenvalue weighted by atomic mass is 9.93. The van der Waals surface area contributed by atoms with Crippen molar-refractivity contribution in [2.24, 2.45) is 0 Å². The summed E-state index contributed by atoms with van der Waals surface area (Å²) in [7, 11) is 0. The number of rotatable bonds is 3. The van der Waals surface area contributed by atoms with Gasteiger partial charge >= 0.3 is 6.09 Å². The topological polar surface area (TPSA) is 79.0 Å². The molecule has 7 heteroatoms. The lowest BCUT2D eigenvalue weighted by Crippen LogP contribution is -2.54. The lowest BCUT2D eigenvalue weighted by molar-refractivity contribution is 0.0657. The lowest BCUT2D eigenvalue weighted by Gasteiger charge is -2.35. The number of hydrazine groups is 1. The van der Waals surface area contributed by atoms with Gasteiger partial charge in [0, 0.05) is 43.4 Å². The van der Waals surface area contributed by atoms with Crippen molar-refractivity contribution in [2.75, 3.05) is 32.8 Å². The van der Waals surface area contributed by atoms with Crippen LogP contribution < -0.4 is 5.43 Å². The monoisotopic (exact) mass is 329 g/mol. The number of ether oxygens (including phenoxy) is 1. The Balaban J connectivity index is 1.63. The minimum atomic E-state index is -0.325. The summed E-state index contributed by atoms with van der Waals surface area (Å²) in [6, 6.07) is 6.79. The van der Waals surface area contributed by atoms with Crippen LogP contribution in [0.1, 0.15) is 27.6 Å². The van der Waals surface area contributed by atoms with Crippen LogP contribution in [-0.2, 0) is 4.74 Å². The van der Waals surface area contributed by atoms with Gasteiger partial charge in [-0.1, -0.05) is 24.3 Å². The zero-order chi connectivity index (χ0) is 17.1. The predicted octanol–water partition coefficient (Wildman–Crippen LogP) is 1.23. The van der Waals surface area contributed by atoms with E-state index in [0.29, 0.717) is 43.9 Å². The summed E-state index contributed by atoms with van der Waals surface area (Å²) in [5.41, 5.74) is 4.13. The number of hydrogen-bond acceptors (Lipinski definition) is 6. The second-order valence-corrected chi connectivity index (χ2v) is 5.58. The molecule has 2 aliphatic rings. The molecule has 0 saturated carbocycles. The number of ketones is 2. The fourth-order valence-electron chi connectivity index (χ4n) is 2.78. The third-order valence-electron chi connectivity index (χ3n) is 4.04. The number of benzene rings is 1. The van der Waals surface area contributed by atoms with Gasteiger partial charge in [0.25, 0.3) is 0 Å². The number of hydrogen-bond donors (Lipinski definition) is 1. The molecule has 0 spiro atoms. The second kappa shape index (κ2) is 6.84. The van der Waals surface area contributed by atoms with Crippen molar-refractivity contribution >= 4 is 17.7 Å². The molecular weight excluding hydrogens is 310 g/mol. The first kappa shape index (κ1) is 16.2. The van der Waals surface area contributed by atoms with E-state index >= 15 is 0 Å². The van der Waals surface area contributed by atoms with Gasteiger partial charge in [-0.05, 0) is 6.92 Å². The fourth-order valence-corrected chi connectivity index (χ4v) is 2.78. The Morgan fingerprint density at radius 3 is 2.46 bits per heavy atom. The van der Waals surface area contributed by atoms with Gasteiger partial charge in [0.2, 0.25) is 5.78 Å². The fraction of sp³-hybridized carbons (Fsp3) is 0.353. The van der Waals surface area contributed by atoms with E-state index in [2.05, 4.69) is 5.43 Å². The maximum atomic E-state index is 12.5. The number of Topliss-reactive ketones (excluding diaryl/α,β-unsaturated/α-hetero) is 1. The van der Waals surface area contributed by atoms with Gasteiger partial charge in [-0.2, -0.15) is 0 Å². The van der Waals surface area contributed by atoms with E-state index in [0.717, 1.165) is 0 Å². The van der Waals surface area contributed by atoms with Crippen LogP contribution in [-0.4, -0.2) is 60.4 Å². The molecule has 0 bridgehead atoms. The van der Waals surface area contributed by atoms with Crippen LogP contribution in [0.25, 0.3) is 0 Å². The van der Waals surface area contributed by atoms with Crippen LogP contribution in [0.4, 0.5) is 4.79 Å². The van der Waals surface area contributed by atoms with E-state index in [1.807, 2.05) is 5.01 Å². The van der Waals surface area contributed by atoms with E-state index in [1.165, 1.54) is 6.08 Å². The van der Waals surface area contributed by atoms with E-state index < -0.39 is 0 Å². The molecule has 0 aromatic heterocycles. The number of carbonyl (C=O) groups excluding carboxylic acids is 3. The molecule has 1 aliphatic carbocycles. The van der Waals surface area contributed by atoms with Crippen LogP contribution in [0, 0.1) is 0 Å². The van der Waals surface area contributed by atoms with Crippen molar-refractivity contribution < 1.29 is 19.1 Å². The van der Waals surface area contributed by atoms with Crippen LogP contribution in [0.3, 0.4) is 0 Å². The van der Waals surface area contributed by atoms with Gasteiger partial charge in [-0.25, -0.2) is 9.80 Å². The highest BCUT2D eigenvalue weighted by Gasteiger charge is 2.28. The van der Waals surface area contributed by atoms with Crippen LogP contribution in [0.15, 0.2) is 36.0 Å². The van der Waals surface area contributed by atoms with Crippen LogP contribution in [0.5, 0.6) is 0 Å². The molecule has 0 radical (unpaired) electrons. The molecule has 1 N–H and O–H groups in total. The van der Waals surface area contributed by atoms with Gasteiger partial charge in [0.15, 0.2) is 5.78 Å². The summed E-state index contributed by atoms with van der Waals surface area (Å²) in [6.45, 7) is 4.19. The summed E-state index contributed by atoms with van der Waals surface area (Å²) in [5, 5.41) is 1.83. The van der Waals surface area contributed by atoms with Crippen molar-refractivity contribution in [2.45, 2.75) is 6.92 Å². The highest BCUT2D eigenvalue weighted by Crippen LogP contribution is 2.20. The molecule has 0 atom stereocenters. The molecule has 1 heterocycles. The van der Waals surface area contributed by atoms with E-state index in [4.69, 9.17) is 4.74 Å². The Kier molecular flexibility index (Phi) is 4.61. The van der Waals surface area contributed by atoms with Crippen LogP contribution in [0.2, 0.25) is 0 Å². The number of allylic oxidation sites excluding steroid dienone is 2. The third-order valence-corrected chi connectivity index (χ3v) is 4.04. The van der Waals surface area contributed by atoms with Gasteiger partial charge < -0.3 is 15.1 Å². The van der Waals surface area contributed by atoms with Crippen molar-refractivity contribution in [3.8, 4) is 0 Å². The molecule has 3 rings (SSSR count). The normalized spacial score (nSPS) is 18.0. The molecule has 1 fully saturated rings. The number of fused-ring (bicyclic) bond motifs is 1. The summed E-state index contributed by atoms with van der Waals surface area (Å²) < 4.78 is 4.97. The summed E-state index contributed by atoms with van der Waals surface area (Å²) in [4.78, 5) is 37.9. The number of amides is 1. The maximum Gasteiger partial charge on any atom is 0.409 e. The number of nitrogens with one attached hydrogen (secondary N) is 1. The Labute approximate surface area is 139 Å². The summed E-state index contributed by atoms with van der Waals surface area (Å²) >= 11 is 0.